The molecule has 0 atom stereocenters. The molecule has 0 radical (unpaired) electrons. The van der Waals surface area contributed by atoms with Gasteiger partial charge in [-0.05, 0) is 31.9 Å². The predicted octanol–water partition coefficient (Wildman–Crippen LogP) is 2.70. The van der Waals surface area contributed by atoms with Crippen molar-refractivity contribution in [2.75, 3.05) is 11.9 Å². The van der Waals surface area contributed by atoms with Crippen LogP contribution in [-0.4, -0.2) is 18.4 Å². The van der Waals surface area contributed by atoms with Crippen LogP contribution in [-0.2, 0) is 9.59 Å². The normalized spacial score (nSPS) is 11.4. The zero-order chi connectivity index (χ0) is 16.2. The fourth-order valence-corrected chi connectivity index (χ4v) is 1.49. The number of benzene rings is 1. The van der Waals surface area contributed by atoms with Crippen molar-refractivity contribution in [3.05, 3.63) is 29.8 Å². The molecule has 0 aliphatic rings. The van der Waals surface area contributed by atoms with E-state index in [1.165, 1.54) is 13.8 Å². The molecule has 2 N–H and O–H groups in total. The van der Waals surface area contributed by atoms with Gasteiger partial charge in [0.2, 0.25) is 11.8 Å². The summed E-state index contributed by atoms with van der Waals surface area (Å²) in [6.45, 7) is 7.20. The van der Waals surface area contributed by atoms with Gasteiger partial charge in [-0.1, -0.05) is 13.8 Å². The number of carbonyl (C=O) groups excluding carboxylic acids is 2. The summed E-state index contributed by atoms with van der Waals surface area (Å²) in [5, 5.41) is 4.96. The lowest BCUT2D eigenvalue weighted by Gasteiger charge is -2.23. The van der Waals surface area contributed by atoms with E-state index in [1.807, 2.05) is 13.8 Å². The number of carbonyl (C=O) groups is 2. The number of hydrogen-bond acceptors (Lipinski definition) is 2. The molecular formula is C15H20F2N2O2. The van der Waals surface area contributed by atoms with Gasteiger partial charge in [0, 0.05) is 12.6 Å². The van der Waals surface area contributed by atoms with Gasteiger partial charge < -0.3 is 10.6 Å². The first-order chi connectivity index (χ1) is 9.64. The third-order valence-corrected chi connectivity index (χ3v) is 2.99. The zero-order valence-corrected chi connectivity index (χ0v) is 12.6. The summed E-state index contributed by atoms with van der Waals surface area (Å²) >= 11 is 0. The van der Waals surface area contributed by atoms with Crippen LogP contribution in [0.1, 0.15) is 27.7 Å². The molecule has 0 aromatic heterocycles. The van der Waals surface area contributed by atoms with Gasteiger partial charge in [0.05, 0.1) is 5.69 Å². The number of hydrogen-bond donors (Lipinski definition) is 2. The average molecular weight is 298 g/mol. The number of rotatable bonds is 5. The average Bonchev–Trinajstić information content (AvgIpc) is 2.38. The second-order valence-electron chi connectivity index (χ2n) is 5.81. The summed E-state index contributed by atoms with van der Waals surface area (Å²) in [4.78, 5) is 24.1. The van der Waals surface area contributed by atoms with Crippen LogP contribution in [0, 0.1) is 23.0 Å². The highest BCUT2D eigenvalue weighted by Gasteiger charge is 2.36. The largest absolute Gasteiger partial charge is 0.355 e. The van der Waals surface area contributed by atoms with E-state index in [9.17, 15) is 18.4 Å². The Hall–Kier alpha value is -1.98. The maximum Gasteiger partial charge on any atom is 0.239 e. The van der Waals surface area contributed by atoms with Crippen LogP contribution < -0.4 is 10.6 Å². The summed E-state index contributed by atoms with van der Waals surface area (Å²) in [7, 11) is 0. The Kier molecular flexibility index (Phi) is 5.41. The van der Waals surface area contributed by atoms with Gasteiger partial charge in [0.1, 0.15) is 17.0 Å². The van der Waals surface area contributed by atoms with E-state index in [4.69, 9.17) is 0 Å². The van der Waals surface area contributed by atoms with E-state index < -0.39 is 28.9 Å². The summed E-state index contributed by atoms with van der Waals surface area (Å²) in [6.07, 6.45) is 0. The van der Waals surface area contributed by atoms with Gasteiger partial charge in [-0.15, -0.1) is 0 Å². The first kappa shape index (κ1) is 17.1. The third kappa shape index (κ3) is 4.51. The van der Waals surface area contributed by atoms with Crippen LogP contribution in [0.5, 0.6) is 0 Å². The van der Waals surface area contributed by atoms with Crippen LogP contribution >= 0.6 is 0 Å². The molecule has 1 rings (SSSR count). The van der Waals surface area contributed by atoms with Gasteiger partial charge in [-0.3, -0.25) is 9.59 Å². The monoisotopic (exact) mass is 298 g/mol. The number of nitrogens with one attached hydrogen (secondary N) is 2. The van der Waals surface area contributed by atoms with E-state index in [0.717, 1.165) is 12.1 Å². The highest BCUT2D eigenvalue weighted by Crippen LogP contribution is 2.21. The van der Waals surface area contributed by atoms with Gasteiger partial charge >= 0.3 is 0 Å². The maximum absolute atomic E-state index is 13.5. The number of amides is 2. The molecule has 0 fully saturated rings. The van der Waals surface area contributed by atoms with Crippen molar-refractivity contribution < 1.29 is 18.4 Å². The second-order valence-corrected chi connectivity index (χ2v) is 5.81. The molecule has 0 aliphatic heterocycles. The van der Waals surface area contributed by atoms with Crippen LogP contribution in [0.25, 0.3) is 0 Å². The minimum atomic E-state index is -1.37. The summed E-state index contributed by atoms with van der Waals surface area (Å²) in [5.74, 6) is -2.48. The smallest absolute Gasteiger partial charge is 0.239 e. The number of anilines is 1. The summed E-state index contributed by atoms with van der Waals surface area (Å²) in [6, 6.07) is 2.82. The van der Waals surface area contributed by atoms with Gasteiger partial charge in [0.25, 0.3) is 0 Å². The molecule has 4 nitrogen and oxygen atoms in total. The van der Waals surface area contributed by atoms with Crippen molar-refractivity contribution in [2.24, 2.45) is 11.3 Å². The van der Waals surface area contributed by atoms with Crippen molar-refractivity contribution in [3.63, 3.8) is 0 Å². The molecule has 0 spiro atoms. The van der Waals surface area contributed by atoms with Crippen molar-refractivity contribution in [2.45, 2.75) is 27.7 Å². The minimum Gasteiger partial charge on any atom is -0.355 e. The fourth-order valence-electron chi connectivity index (χ4n) is 1.49. The standard InChI is InChI=1S/C15H20F2N2O2/c1-9(2)8-18-13(20)15(3,4)14(21)19-12-6-5-10(16)7-11(12)17/h5-7,9H,8H2,1-4H3,(H,18,20)(H,19,21). The molecule has 21 heavy (non-hydrogen) atoms. The molecule has 0 aliphatic carbocycles. The topological polar surface area (TPSA) is 58.2 Å². The second kappa shape index (κ2) is 6.65. The van der Waals surface area contributed by atoms with Crippen molar-refractivity contribution in [3.8, 4) is 0 Å². The summed E-state index contributed by atoms with van der Waals surface area (Å²) in [5.41, 5.74) is -1.53. The third-order valence-electron chi connectivity index (χ3n) is 2.99. The van der Waals surface area contributed by atoms with E-state index in [1.54, 1.807) is 0 Å². The van der Waals surface area contributed by atoms with Crippen LogP contribution in [0.15, 0.2) is 18.2 Å². The maximum atomic E-state index is 13.5. The molecule has 0 heterocycles. The van der Waals surface area contributed by atoms with Crippen molar-refractivity contribution in [1.82, 2.24) is 5.32 Å². The molecule has 0 saturated heterocycles. The Morgan fingerprint density at radius 2 is 1.81 bits per heavy atom. The molecule has 116 valence electrons. The van der Waals surface area contributed by atoms with E-state index in [2.05, 4.69) is 10.6 Å². The lowest BCUT2D eigenvalue weighted by molar-refractivity contribution is -0.138. The lowest BCUT2D eigenvalue weighted by Crippen LogP contribution is -2.46. The van der Waals surface area contributed by atoms with E-state index in [-0.39, 0.29) is 11.6 Å². The fraction of sp³-hybridized carbons (Fsp3) is 0.467. The molecule has 0 saturated carbocycles. The first-order valence-electron chi connectivity index (χ1n) is 6.69. The molecule has 1 aromatic rings. The Bertz CT molecular complexity index is 542. The molecular weight excluding hydrogens is 278 g/mol. The van der Waals surface area contributed by atoms with Crippen molar-refractivity contribution >= 4 is 17.5 Å². The first-order valence-corrected chi connectivity index (χ1v) is 6.69. The lowest BCUT2D eigenvalue weighted by atomic mass is 9.90. The van der Waals surface area contributed by atoms with Crippen LogP contribution in [0.4, 0.5) is 14.5 Å². The SMILES string of the molecule is CC(C)CNC(=O)C(C)(C)C(=O)Nc1ccc(F)cc1F. The van der Waals surface area contributed by atoms with Gasteiger partial charge in [-0.2, -0.15) is 0 Å². The van der Waals surface area contributed by atoms with E-state index in [0.29, 0.717) is 12.6 Å². The molecule has 0 unspecified atom stereocenters. The summed E-state index contributed by atoms with van der Waals surface area (Å²) < 4.78 is 26.3. The number of halogens is 2. The molecule has 0 bridgehead atoms. The van der Waals surface area contributed by atoms with E-state index >= 15 is 0 Å². The molecule has 6 heteroatoms. The zero-order valence-electron chi connectivity index (χ0n) is 12.6. The molecule has 2 amide bonds. The van der Waals surface area contributed by atoms with Crippen LogP contribution in [0.2, 0.25) is 0 Å². The van der Waals surface area contributed by atoms with Crippen LogP contribution in [0.3, 0.4) is 0 Å². The van der Waals surface area contributed by atoms with Gasteiger partial charge in [-0.25, -0.2) is 8.78 Å². The highest BCUT2D eigenvalue weighted by molar-refractivity contribution is 6.09. The molecule has 1 aromatic carbocycles. The quantitative estimate of drug-likeness (QED) is 0.821. The predicted molar refractivity (Wildman–Crippen MR) is 76.6 cm³/mol. The Labute approximate surface area is 122 Å². The minimum absolute atomic E-state index is 0.161. The Balaban J connectivity index is 2.79. The Morgan fingerprint density at radius 1 is 1.19 bits per heavy atom. The highest BCUT2D eigenvalue weighted by atomic mass is 19.1. The van der Waals surface area contributed by atoms with Gasteiger partial charge in [0.15, 0.2) is 0 Å². The van der Waals surface area contributed by atoms with Crippen molar-refractivity contribution in [1.29, 1.82) is 0 Å². The Morgan fingerprint density at radius 3 is 2.33 bits per heavy atom.